The molecule has 0 saturated heterocycles. The van der Waals surface area contributed by atoms with Crippen LogP contribution in [-0.2, 0) is 0 Å². The van der Waals surface area contributed by atoms with Gasteiger partial charge in [-0.25, -0.2) is 9.97 Å². The van der Waals surface area contributed by atoms with Gasteiger partial charge in [0.1, 0.15) is 6.33 Å². The van der Waals surface area contributed by atoms with Crippen LogP contribution in [0.25, 0.3) is 53.1 Å². The molecule has 0 radical (unpaired) electrons. The Bertz CT molecular complexity index is 1470. The lowest BCUT2D eigenvalue weighted by Crippen LogP contribution is -1.87. The van der Waals surface area contributed by atoms with E-state index in [1.165, 1.54) is 31.6 Å². The van der Waals surface area contributed by atoms with Crippen molar-refractivity contribution in [2.75, 3.05) is 0 Å². The molecule has 0 bridgehead atoms. The summed E-state index contributed by atoms with van der Waals surface area (Å²) < 4.78 is 2.41. The molecule has 0 unspecified atom stereocenters. The zero-order chi connectivity index (χ0) is 17.8. The summed E-state index contributed by atoms with van der Waals surface area (Å²) in [7, 11) is 0. The van der Waals surface area contributed by atoms with Crippen LogP contribution in [0.2, 0.25) is 0 Å². The third-order valence-corrected chi connectivity index (χ3v) is 6.34. The summed E-state index contributed by atoms with van der Waals surface area (Å²) in [6, 6.07) is 27.8. The van der Waals surface area contributed by atoms with Crippen LogP contribution in [0.3, 0.4) is 0 Å². The molecule has 0 fully saturated rings. The quantitative estimate of drug-likeness (QED) is 0.321. The standard InChI is InChI=1S/C24H14N2S/c1-3-9-17-15(6-1)8-5-11-19(17)22-24-23(26-14-25-22)21-18-10-4-2-7-16(18)12-13-20(21)27-24/h1-14H. The SMILES string of the molecule is c1ccc2c(-c3ncnc4c3sc3ccc5ccccc5c34)cccc2c1. The summed E-state index contributed by atoms with van der Waals surface area (Å²) in [6.07, 6.45) is 1.70. The molecule has 126 valence electrons. The monoisotopic (exact) mass is 362 g/mol. The molecular weight excluding hydrogens is 348 g/mol. The van der Waals surface area contributed by atoms with Crippen molar-refractivity contribution in [3.8, 4) is 11.3 Å². The number of thiophene rings is 1. The van der Waals surface area contributed by atoms with E-state index >= 15 is 0 Å². The second-order valence-electron chi connectivity index (χ2n) is 6.69. The maximum Gasteiger partial charge on any atom is 0.116 e. The van der Waals surface area contributed by atoms with Crippen LogP contribution < -0.4 is 0 Å². The first-order chi connectivity index (χ1) is 13.4. The smallest absolute Gasteiger partial charge is 0.116 e. The topological polar surface area (TPSA) is 25.8 Å². The van der Waals surface area contributed by atoms with Crippen LogP contribution in [0.4, 0.5) is 0 Å². The first kappa shape index (κ1) is 14.8. The fourth-order valence-corrected chi connectivity index (χ4v) is 5.14. The van der Waals surface area contributed by atoms with Crippen molar-refractivity contribution in [1.82, 2.24) is 9.97 Å². The minimum absolute atomic E-state index is 1.02. The highest BCUT2D eigenvalue weighted by molar-refractivity contribution is 7.26. The Balaban J connectivity index is 1.77. The average Bonchev–Trinajstić information content (AvgIpc) is 3.13. The molecule has 6 aromatic rings. The molecular formula is C24H14N2S. The van der Waals surface area contributed by atoms with Crippen molar-refractivity contribution >= 4 is 53.2 Å². The molecule has 0 N–H and O–H groups in total. The number of aromatic nitrogens is 2. The first-order valence-corrected chi connectivity index (χ1v) is 9.75. The van der Waals surface area contributed by atoms with Gasteiger partial charge < -0.3 is 0 Å². The molecule has 6 rings (SSSR count). The first-order valence-electron chi connectivity index (χ1n) is 8.93. The third-order valence-electron chi connectivity index (χ3n) is 5.19. The number of benzene rings is 4. The molecule has 0 amide bonds. The van der Waals surface area contributed by atoms with Crippen molar-refractivity contribution in [1.29, 1.82) is 0 Å². The average molecular weight is 362 g/mol. The number of hydrogen-bond donors (Lipinski definition) is 0. The van der Waals surface area contributed by atoms with E-state index in [0.29, 0.717) is 0 Å². The summed E-state index contributed by atoms with van der Waals surface area (Å²) in [5, 5.41) is 6.19. The van der Waals surface area contributed by atoms with Gasteiger partial charge in [-0.05, 0) is 27.6 Å². The van der Waals surface area contributed by atoms with Gasteiger partial charge in [0.05, 0.1) is 15.9 Å². The molecule has 27 heavy (non-hydrogen) atoms. The number of hydrogen-bond acceptors (Lipinski definition) is 3. The number of nitrogens with zero attached hydrogens (tertiary/aromatic N) is 2. The Morgan fingerprint density at radius 2 is 1.37 bits per heavy atom. The Kier molecular flexibility index (Phi) is 3.07. The number of fused-ring (bicyclic) bond motifs is 6. The fourth-order valence-electron chi connectivity index (χ4n) is 3.96. The maximum absolute atomic E-state index is 4.70. The Morgan fingerprint density at radius 3 is 2.26 bits per heavy atom. The van der Waals surface area contributed by atoms with E-state index in [1.807, 2.05) is 0 Å². The minimum Gasteiger partial charge on any atom is -0.235 e. The van der Waals surface area contributed by atoms with Crippen LogP contribution in [-0.4, -0.2) is 9.97 Å². The molecule has 2 nitrogen and oxygen atoms in total. The van der Waals surface area contributed by atoms with E-state index in [1.54, 1.807) is 17.7 Å². The second-order valence-corrected chi connectivity index (χ2v) is 7.74. The van der Waals surface area contributed by atoms with E-state index < -0.39 is 0 Å². The highest BCUT2D eigenvalue weighted by Crippen LogP contribution is 2.41. The second kappa shape index (κ2) is 5.60. The molecule has 3 heteroatoms. The summed E-state index contributed by atoms with van der Waals surface area (Å²) >= 11 is 1.78. The Labute approximate surface area is 159 Å². The van der Waals surface area contributed by atoms with E-state index in [-0.39, 0.29) is 0 Å². The lowest BCUT2D eigenvalue weighted by molar-refractivity contribution is 1.24. The molecule has 0 aliphatic carbocycles. The minimum atomic E-state index is 1.02. The van der Waals surface area contributed by atoms with Gasteiger partial charge in [-0.15, -0.1) is 11.3 Å². The van der Waals surface area contributed by atoms with Crippen molar-refractivity contribution in [2.45, 2.75) is 0 Å². The molecule has 0 aliphatic rings. The molecule has 4 aromatic carbocycles. The lowest BCUT2D eigenvalue weighted by atomic mass is 10.0. The van der Waals surface area contributed by atoms with Gasteiger partial charge in [0.2, 0.25) is 0 Å². The zero-order valence-electron chi connectivity index (χ0n) is 14.4. The summed E-state index contributed by atoms with van der Waals surface area (Å²) in [6.45, 7) is 0. The molecule has 0 aliphatic heterocycles. The van der Waals surface area contributed by atoms with E-state index in [0.717, 1.165) is 21.5 Å². The predicted molar refractivity (Wildman–Crippen MR) is 115 cm³/mol. The molecule has 2 heterocycles. The van der Waals surface area contributed by atoms with Crippen LogP contribution in [0.1, 0.15) is 0 Å². The summed E-state index contributed by atoms with van der Waals surface area (Å²) in [5.41, 5.74) is 3.23. The number of rotatable bonds is 1. The van der Waals surface area contributed by atoms with Gasteiger partial charge in [0.25, 0.3) is 0 Å². The largest absolute Gasteiger partial charge is 0.235 e. The fraction of sp³-hybridized carbons (Fsp3) is 0. The predicted octanol–water partition coefficient (Wildman–Crippen LogP) is 6.82. The Morgan fingerprint density at radius 1 is 0.630 bits per heavy atom. The molecule has 0 spiro atoms. The molecule has 2 aromatic heterocycles. The molecule has 0 saturated carbocycles. The normalized spacial score (nSPS) is 11.7. The van der Waals surface area contributed by atoms with Crippen LogP contribution in [0.15, 0.2) is 85.2 Å². The summed E-state index contributed by atoms with van der Waals surface area (Å²) in [4.78, 5) is 9.39. The van der Waals surface area contributed by atoms with Crippen LogP contribution >= 0.6 is 11.3 Å². The van der Waals surface area contributed by atoms with Gasteiger partial charge in [-0.3, -0.25) is 0 Å². The van der Waals surface area contributed by atoms with Crippen molar-refractivity contribution in [3.63, 3.8) is 0 Å². The van der Waals surface area contributed by atoms with Gasteiger partial charge in [0, 0.05) is 15.6 Å². The van der Waals surface area contributed by atoms with Gasteiger partial charge in [-0.1, -0.05) is 72.8 Å². The van der Waals surface area contributed by atoms with Crippen molar-refractivity contribution < 1.29 is 0 Å². The zero-order valence-corrected chi connectivity index (χ0v) is 15.2. The van der Waals surface area contributed by atoms with Gasteiger partial charge >= 0.3 is 0 Å². The summed E-state index contributed by atoms with van der Waals surface area (Å²) in [5.74, 6) is 0. The van der Waals surface area contributed by atoms with Gasteiger partial charge in [0.15, 0.2) is 0 Å². The van der Waals surface area contributed by atoms with Crippen molar-refractivity contribution in [3.05, 3.63) is 85.2 Å². The van der Waals surface area contributed by atoms with Crippen LogP contribution in [0.5, 0.6) is 0 Å². The highest BCUT2D eigenvalue weighted by atomic mass is 32.1. The van der Waals surface area contributed by atoms with E-state index in [9.17, 15) is 0 Å². The highest BCUT2D eigenvalue weighted by Gasteiger charge is 2.16. The lowest BCUT2D eigenvalue weighted by Gasteiger charge is -2.06. The van der Waals surface area contributed by atoms with Crippen molar-refractivity contribution in [2.24, 2.45) is 0 Å². The van der Waals surface area contributed by atoms with E-state index in [2.05, 4.69) is 83.8 Å². The third kappa shape index (κ3) is 2.12. The van der Waals surface area contributed by atoms with Gasteiger partial charge in [-0.2, -0.15) is 0 Å². The Hall–Kier alpha value is -3.30. The molecule has 0 atom stereocenters. The van der Waals surface area contributed by atoms with Crippen LogP contribution in [0, 0.1) is 0 Å². The maximum atomic E-state index is 4.70. The van der Waals surface area contributed by atoms with E-state index in [4.69, 9.17) is 4.98 Å².